The van der Waals surface area contributed by atoms with Crippen molar-refractivity contribution in [2.45, 2.75) is 20.3 Å². The number of allylic oxidation sites excluding steroid dienone is 4. The number of hydrogen-bond acceptors (Lipinski definition) is 0. The summed E-state index contributed by atoms with van der Waals surface area (Å²) in [6, 6.07) is 8.39. The molecule has 0 radical (unpaired) electrons. The summed E-state index contributed by atoms with van der Waals surface area (Å²) in [5, 5.41) is 0. The van der Waals surface area contributed by atoms with Crippen molar-refractivity contribution in [1.82, 2.24) is 0 Å². The average Bonchev–Trinajstić information content (AvgIpc) is 2.26. The minimum atomic E-state index is 0.984. The Morgan fingerprint density at radius 2 is 1.73 bits per heavy atom. The van der Waals surface area contributed by atoms with Gasteiger partial charge in [-0.15, -0.1) is 0 Å². The normalized spacial score (nSPS) is 10.5. The third-order valence-corrected chi connectivity index (χ3v) is 2.40. The van der Waals surface area contributed by atoms with E-state index in [-0.39, 0.29) is 0 Å². The molecule has 1 rings (SSSR count). The lowest BCUT2D eigenvalue weighted by molar-refractivity contribution is 1.16. The molecule has 0 saturated carbocycles. The first-order valence-corrected chi connectivity index (χ1v) is 5.25. The molecule has 0 heterocycles. The Morgan fingerprint density at radius 1 is 1.13 bits per heavy atom. The number of rotatable bonds is 4. The van der Waals surface area contributed by atoms with Crippen molar-refractivity contribution in [3.8, 4) is 0 Å². The lowest BCUT2D eigenvalue weighted by Gasteiger charge is -2.01. The smallest absolute Gasteiger partial charge is 0.0190 e. The molecule has 0 aromatic heterocycles. The second kappa shape index (κ2) is 5.35. The molecule has 78 valence electrons. The summed E-state index contributed by atoms with van der Waals surface area (Å²) in [7, 11) is 0. The van der Waals surface area contributed by atoms with Gasteiger partial charge in [-0.3, -0.25) is 0 Å². The molecule has 0 aliphatic heterocycles. The lowest BCUT2D eigenvalue weighted by atomic mass is 10.0. The van der Waals surface area contributed by atoms with Gasteiger partial charge in [-0.25, -0.2) is 0 Å². The molecule has 0 N–H and O–H groups in total. The molecule has 1 aromatic carbocycles. The molecule has 0 bridgehead atoms. The Labute approximate surface area is 92.6 Å². The van der Waals surface area contributed by atoms with Gasteiger partial charge in [-0.1, -0.05) is 67.6 Å². The molecule has 0 amide bonds. The highest BCUT2D eigenvalue weighted by molar-refractivity contribution is 5.72. The quantitative estimate of drug-likeness (QED) is 0.623. The SMILES string of the molecule is C=C(/C=C\C(=C)c1ccc(C)cc1)CC. The zero-order valence-electron chi connectivity index (χ0n) is 9.59. The van der Waals surface area contributed by atoms with Crippen LogP contribution in [-0.4, -0.2) is 0 Å². The van der Waals surface area contributed by atoms with E-state index in [9.17, 15) is 0 Å². The topological polar surface area (TPSA) is 0 Å². The Balaban J connectivity index is 2.73. The molecule has 0 unspecified atom stereocenters. The molecular formula is C15H18. The van der Waals surface area contributed by atoms with Gasteiger partial charge in [0.1, 0.15) is 0 Å². The predicted molar refractivity (Wildman–Crippen MR) is 68.8 cm³/mol. The predicted octanol–water partition coefficient (Wildman–Crippen LogP) is 4.53. The largest absolute Gasteiger partial charge is 0.0958 e. The van der Waals surface area contributed by atoms with Gasteiger partial charge in [-0.2, -0.15) is 0 Å². The fraction of sp³-hybridized carbons (Fsp3) is 0.200. The third-order valence-electron chi connectivity index (χ3n) is 2.40. The first-order chi connectivity index (χ1) is 7.13. The van der Waals surface area contributed by atoms with Crippen LogP contribution in [0.1, 0.15) is 24.5 Å². The first-order valence-electron chi connectivity index (χ1n) is 5.25. The van der Waals surface area contributed by atoms with Crippen molar-refractivity contribution in [2.24, 2.45) is 0 Å². The fourth-order valence-corrected chi connectivity index (χ4v) is 1.20. The van der Waals surface area contributed by atoms with E-state index < -0.39 is 0 Å². The van der Waals surface area contributed by atoms with E-state index in [4.69, 9.17) is 0 Å². The molecule has 0 atom stereocenters. The van der Waals surface area contributed by atoms with E-state index in [2.05, 4.69) is 51.3 Å². The van der Waals surface area contributed by atoms with Gasteiger partial charge >= 0.3 is 0 Å². The Kier molecular flexibility index (Phi) is 4.11. The first kappa shape index (κ1) is 11.5. The van der Waals surface area contributed by atoms with Crippen molar-refractivity contribution in [3.63, 3.8) is 0 Å². The maximum atomic E-state index is 4.03. The molecule has 0 saturated heterocycles. The van der Waals surface area contributed by atoms with E-state index in [0.29, 0.717) is 0 Å². The lowest BCUT2D eigenvalue weighted by Crippen LogP contribution is -1.80. The van der Waals surface area contributed by atoms with Crippen molar-refractivity contribution < 1.29 is 0 Å². The van der Waals surface area contributed by atoms with E-state index in [1.165, 1.54) is 11.1 Å². The molecule has 0 nitrogen and oxygen atoms in total. The Morgan fingerprint density at radius 3 is 2.27 bits per heavy atom. The molecule has 0 aliphatic rings. The van der Waals surface area contributed by atoms with Gasteiger partial charge in [-0.05, 0) is 24.5 Å². The van der Waals surface area contributed by atoms with Crippen LogP contribution < -0.4 is 0 Å². The maximum absolute atomic E-state index is 4.03. The summed E-state index contributed by atoms with van der Waals surface area (Å²) in [6.45, 7) is 12.1. The van der Waals surface area contributed by atoms with Crippen LogP contribution in [0.5, 0.6) is 0 Å². The van der Waals surface area contributed by atoms with Crippen LogP contribution in [0.3, 0.4) is 0 Å². The van der Waals surface area contributed by atoms with Crippen LogP contribution in [-0.2, 0) is 0 Å². The number of hydrogen-bond donors (Lipinski definition) is 0. The van der Waals surface area contributed by atoms with Crippen molar-refractivity contribution in [1.29, 1.82) is 0 Å². The summed E-state index contributed by atoms with van der Waals surface area (Å²) in [5.74, 6) is 0. The molecule has 15 heavy (non-hydrogen) atoms. The second-order valence-corrected chi connectivity index (χ2v) is 3.74. The van der Waals surface area contributed by atoms with Crippen LogP contribution in [0, 0.1) is 6.92 Å². The molecule has 1 aromatic rings. The van der Waals surface area contributed by atoms with E-state index in [1.807, 2.05) is 12.2 Å². The summed E-state index contributed by atoms with van der Waals surface area (Å²) < 4.78 is 0. The van der Waals surface area contributed by atoms with Gasteiger partial charge in [0.25, 0.3) is 0 Å². The van der Waals surface area contributed by atoms with Crippen LogP contribution in [0.2, 0.25) is 0 Å². The van der Waals surface area contributed by atoms with Gasteiger partial charge < -0.3 is 0 Å². The third kappa shape index (κ3) is 3.59. The zero-order chi connectivity index (χ0) is 11.3. The zero-order valence-corrected chi connectivity index (χ0v) is 9.59. The second-order valence-electron chi connectivity index (χ2n) is 3.74. The maximum Gasteiger partial charge on any atom is -0.0190 e. The highest BCUT2D eigenvalue weighted by Gasteiger charge is 1.94. The standard InChI is InChI=1S/C15H18/c1-5-12(2)6-9-14(4)15-10-7-13(3)8-11-15/h6-11H,2,4-5H2,1,3H3/b9-6-. The summed E-state index contributed by atoms with van der Waals surface area (Å²) in [5.41, 5.74) is 4.60. The van der Waals surface area contributed by atoms with E-state index in [0.717, 1.165) is 17.6 Å². The molecule has 0 fully saturated rings. The minimum Gasteiger partial charge on any atom is -0.0958 e. The molecule has 0 heteroatoms. The number of aryl methyl sites for hydroxylation is 1. The molecular weight excluding hydrogens is 180 g/mol. The number of benzene rings is 1. The van der Waals surface area contributed by atoms with Crippen LogP contribution in [0.4, 0.5) is 0 Å². The molecule has 0 spiro atoms. The monoisotopic (exact) mass is 198 g/mol. The van der Waals surface area contributed by atoms with Crippen molar-refractivity contribution >= 4 is 5.57 Å². The van der Waals surface area contributed by atoms with Crippen LogP contribution >= 0.6 is 0 Å². The van der Waals surface area contributed by atoms with Gasteiger partial charge in [0.05, 0.1) is 0 Å². The van der Waals surface area contributed by atoms with Crippen molar-refractivity contribution in [2.75, 3.05) is 0 Å². The van der Waals surface area contributed by atoms with E-state index in [1.54, 1.807) is 0 Å². The fourth-order valence-electron chi connectivity index (χ4n) is 1.20. The van der Waals surface area contributed by atoms with Crippen LogP contribution in [0.25, 0.3) is 5.57 Å². The minimum absolute atomic E-state index is 0.984. The summed E-state index contributed by atoms with van der Waals surface area (Å²) in [6.07, 6.45) is 5.04. The summed E-state index contributed by atoms with van der Waals surface area (Å²) in [4.78, 5) is 0. The Hall–Kier alpha value is -1.56. The van der Waals surface area contributed by atoms with Gasteiger partial charge in [0.2, 0.25) is 0 Å². The van der Waals surface area contributed by atoms with Gasteiger partial charge in [0, 0.05) is 0 Å². The van der Waals surface area contributed by atoms with Gasteiger partial charge in [0.15, 0.2) is 0 Å². The Bertz CT molecular complexity index is 377. The highest BCUT2D eigenvalue weighted by Crippen LogP contribution is 2.15. The summed E-state index contributed by atoms with van der Waals surface area (Å²) >= 11 is 0. The highest BCUT2D eigenvalue weighted by atomic mass is 14.0. The average molecular weight is 198 g/mol. The molecule has 0 aliphatic carbocycles. The van der Waals surface area contributed by atoms with E-state index >= 15 is 0 Å². The van der Waals surface area contributed by atoms with Crippen LogP contribution in [0.15, 0.2) is 55.1 Å². The van der Waals surface area contributed by atoms with Crippen molar-refractivity contribution in [3.05, 3.63) is 66.3 Å².